The highest BCUT2D eigenvalue weighted by Gasteiger charge is 2.25. The quantitative estimate of drug-likeness (QED) is 0.743. The van der Waals surface area contributed by atoms with E-state index in [-0.39, 0.29) is 16.2 Å². The van der Waals surface area contributed by atoms with Crippen molar-refractivity contribution in [3.63, 3.8) is 0 Å². The molecule has 0 aliphatic heterocycles. The highest BCUT2D eigenvalue weighted by atomic mass is 32.1. The first-order valence-electron chi connectivity index (χ1n) is 5.61. The molecule has 94 valence electrons. The molecule has 0 radical (unpaired) electrons. The Kier molecular flexibility index (Phi) is 2.94. The zero-order valence-electron chi connectivity index (χ0n) is 10.5. The molecule has 1 aromatic carbocycles. The molecule has 5 heteroatoms. The zero-order chi connectivity index (χ0) is 13.5. The van der Waals surface area contributed by atoms with Gasteiger partial charge < -0.3 is 4.98 Å². The molecule has 0 saturated heterocycles. The van der Waals surface area contributed by atoms with Crippen LogP contribution >= 0.6 is 12.2 Å². The van der Waals surface area contributed by atoms with Gasteiger partial charge in [0, 0.05) is 5.41 Å². The van der Waals surface area contributed by atoms with Crippen molar-refractivity contribution in [1.29, 1.82) is 0 Å². The molecule has 0 fully saturated rings. The summed E-state index contributed by atoms with van der Waals surface area (Å²) >= 11 is 5.10. The predicted molar refractivity (Wildman–Crippen MR) is 73.5 cm³/mol. The fraction of sp³-hybridized carbons (Fsp3) is 0.308. The van der Waals surface area contributed by atoms with Crippen molar-refractivity contribution in [2.75, 3.05) is 0 Å². The molecule has 2 aromatic rings. The summed E-state index contributed by atoms with van der Waals surface area (Å²) in [6.07, 6.45) is 0. The standard InChI is InChI=1S/C13H14N2O2S/c1-13(2,3)11(17)15-10(16)8-6-4-5-7-9(8)14-12(15)18/h4-7H,1-3H3,(H,14,18). The van der Waals surface area contributed by atoms with Crippen molar-refractivity contribution in [2.45, 2.75) is 20.8 Å². The van der Waals surface area contributed by atoms with Gasteiger partial charge in [-0.1, -0.05) is 32.9 Å². The number of aromatic nitrogens is 2. The van der Waals surface area contributed by atoms with Gasteiger partial charge in [0.1, 0.15) is 0 Å². The summed E-state index contributed by atoms with van der Waals surface area (Å²) < 4.78 is 1.18. The molecule has 1 aromatic heterocycles. The molecule has 1 heterocycles. The van der Waals surface area contributed by atoms with Crippen LogP contribution < -0.4 is 5.56 Å². The average molecular weight is 262 g/mol. The summed E-state index contributed by atoms with van der Waals surface area (Å²) in [6, 6.07) is 7.00. The molecule has 0 spiro atoms. The van der Waals surface area contributed by atoms with E-state index in [1.54, 1.807) is 39.0 Å². The minimum Gasteiger partial charge on any atom is -0.331 e. The largest absolute Gasteiger partial charge is 0.331 e. The fourth-order valence-corrected chi connectivity index (χ4v) is 1.96. The van der Waals surface area contributed by atoms with Crippen molar-refractivity contribution in [2.24, 2.45) is 5.41 Å². The van der Waals surface area contributed by atoms with Crippen LogP contribution in [0.2, 0.25) is 0 Å². The van der Waals surface area contributed by atoms with Gasteiger partial charge in [-0.2, -0.15) is 0 Å². The van der Waals surface area contributed by atoms with Crippen LogP contribution in [0.4, 0.5) is 0 Å². The Bertz CT molecular complexity index is 735. The molecular weight excluding hydrogens is 248 g/mol. The van der Waals surface area contributed by atoms with Crippen LogP contribution in [0.25, 0.3) is 10.9 Å². The highest BCUT2D eigenvalue weighted by Crippen LogP contribution is 2.16. The van der Waals surface area contributed by atoms with Gasteiger partial charge >= 0.3 is 0 Å². The second kappa shape index (κ2) is 4.17. The molecule has 18 heavy (non-hydrogen) atoms. The first-order valence-corrected chi connectivity index (χ1v) is 6.02. The maximum Gasteiger partial charge on any atom is 0.269 e. The van der Waals surface area contributed by atoms with Gasteiger partial charge in [-0.25, -0.2) is 4.57 Å². The predicted octanol–water partition coefficient (Wildman–Crippen LogP) is 2.75. The van der Waals surface area contributed by atoms with Gasteiger partial charge in [0.2, 0.25) is 5.91 Å². The SMILES string of the molecule is CC(C)(C)C(=O)n1c(=S)[nH]c2ccccc2c1=O. The number of nitrogens with one attached hydrogen (secondary N) is 1. The van der Waals surface area contributed by atoms with Crippen LogP contribution in [-0.2, 0) is 0 Å². The van der Waals surface area contributed by atoms with Crippen LogP contribution in [0.1, 0.15) is 25.6 Å². The van der Waals surface area contributed by atoms with E-state index in [9.17, 15) is 9.59 Å². The number of nitrogens with zero attached hydrogens (tertiary/aromatic N) is 1. The number of para-hydroxylation sites is 1. The van der Waals surface area contributed by atoms with E-state index < -0.39 is 5.41 Å². The van der Waals surface area contributed by atoms with E-state index in [0.717, 1.165) is 4.57 Å². The van der Waals surface area contributed by atoms with Crippen LogP contribution in [0.15, 0.2) is 29.1 Å². The second-order valence-electron chi connectivity index (χ2n) is 5.17. The molecule has 0 bridgehead atoms. The third kappa shape index (κ3) is 2.01. The summed E-state index contributed by atoms with van der Waals surface area (Å²) in [7, 11) is 0. The second-order valence-corrected chi connectivity index (χ2v) is 5.56. The first kappa shape index (κ1) is 12.7. The van der Waals surface area contributed by atoms with E-state index in [2.05, 4.69) is 4.98 Å². The lowest BCUT2D eigenvalue weighted by molar-refractivity contribution is 0.0759. The summed E-state index contributed by atoms with van der Waals surface area (Å²) in [4.78, 5) is 27.4. The maximum atomic E-state index is 12.3. The average Bonchev–Trinajstić information content (AvgIpc) is 2.27. The highest BCUT2D eigenvalue weighted by molar-refractivity contribution is 7.71. The molecule has 0 atom stereocenters. The van der Waals surface area contributed by atoms with Gasteiger partial charge in [0.25, 0.3) is 5.56 Å². The fourth-order valence-electron chi connectivity index (χ4n) is 1.68. The number of benzene rings is 1. The Labute approximate surface area is 109 Å². The van der Waals surface area contributed by atoms with Crippen LogP contribution in [0.5, 0.6) is 0 Å². The number of hydrogen-bond donors (Lipinski definition) is 1. The van der Waals surface area contributed by atoms with E-state index in [4.69, 9.17) is 12.2 Å². The molecule has 0 saturated carbocycles. The van der Waals surface area contributed by atoms with Crippen LogP contribution in [-0.4, -0.2) is 15.5 Å². The number of aromatic amines is 1. The number of rotatable bonds is 0. The summed E-state index contributed by atoms with van der Waals surface area (Å²) in [5, 5.41) is 0.462. The molecule has 4 nitrogen and oxygen atoms in total. The topological polar surface area (TPSA) is 54.9 Å². The number of carbonyl (C=O) groups is 1. The Morgan fingerprint density at radius 2 is 1.89 bits per heavy atom. The lowest BCUT2D eigenvalue weighted by Gasteiger charge is -2.17. The molecule has 0 aliphatic carbocycles. The van der Waals surface area contributed by atoms with E-state index in [1.165, 1.54) is 0 Å². The number of hydrogen-bond acceptors (Lipinski definition) is 3. The lowest BCUT2D eigenvalue weighted by Crippen LogP contribution is -2.36. The Morgan fingerprint density at radius 3 is 2.50 bits per heavy atom. The van der Waals surface area contributed by atoms with Crippen molar-refractivity contribution in [3.8, 4) is 0 Å². The van der Waals surface area contributed by atoms with Crippen molar-refractivity contribution >= 4 is 29.0 Å². The van der Waals surface area contributed by atoms with Crippen molar-refractivity contribution in [3.05, 3.63) is 39.4 Å². The Balaban J connectivity index is 2.86. The smallest absolute Gasteiger partial charge is 0.269 e. The summed E-state index contributed by atoms with van der Waals surface area (Å²) in [6.45, 7) is 5.27. The van der Waals surface area contributed by atoms with E-state index in [1.807, 2.05) is 6.07 Å². The number of fused-ring (bicyclic) bond motifs is 1. The van der Waals surface area contributed by atoms with Gasteiger partial charge in [-0.15, -0.1) is 0 Å². The van der Waals surface area contributed by atoms with Crippen LogP contribution in [0, 0.1) is 10.2 Å². The third-order valence-electron chi connectivity index (χ3n) is 2.65. The van der Waals surface area contributed by atoms with Crippen molar-refractivity contribution in [1.82, 2.24) is 9.55 Å². The van der Waals surface area contributed by atoms with E-state index in [0.29, 0.717) is 10.9 Å². The maximum absolute atomic E-state index is 12.3. The molecule has 0 amide bonds. The Hall–Kier alpha value is -1.75. The first-order chi connectivity index (χ1) is 8.32. The minimum absolute atomic E-state index is 0.138. The normalized spacial score (nSPS) is 11.7. The molecule has 0 unspecified atom stereocenters. The van der Waals surface area contributed by atoms with Gasteiger partial charge in [-0.3, -0.25) is 9.59 Å². The number of H-pyrrole nitrogens is 1. The van der Waals surface area contributed by atoms with Gasteiger partial charge in [0.05, 0.1) is 10.9 Å². The van der Waals surface area contributed by atoms with Crippen LogP contribution in [0.3, 0.4) is 0 Å². The van der Waals surface area contributed by atoms with Gasteiger partial charge in [0.15, 0.2) is 4.77 Å². The minimum atomic E-state index is -0.659. The zero-order valence-corrected chi connectivity index (χ0v) is 11.3. The van der Waals surface area contributed by atoms with Crippen molar-refractivity contribution < 1.29 is 4.79 Å². The monoisotopic (exact) mass is 262 g/mol. The Morgan fingerprint density at radius 1 is 1.28 bits per heavy atom. The molecule has 0 aliphatic rings. The molecule has 1 N–H and O–H groups in total. The lowest BCUT2D eigenvalue weighted by atomic mass is 9.95. The summed E-state index contributed by atoms with van der Waals surface area (Å²) in [5.41, 5.74) is -0.382. The van der Waals surface area contributed by atoms with E-state index >= 15 is 0 Å². The third-order valence-corrected chi connectivity index (χ3v) is 2.93. The van der Waals surface area contributed by atoms with Gasteiger partial charge in [-0.05, 0) is 24.4 Å². The molecule has 2 rings (SSSR count). The summed E-state index contributed by atoms with van der Waals surface area (Å²) in [5.74, 6) is -0.306. The number of carbonyl (C=O) groups excluding carboxylic acids is 1. The molecular formula is C13H14N2O2S.